The van der Waals surface area contributed by atoms with E-state index in [0.29, 0.717) is 0 Å². The second-order valence-electron chi connectivity index (χ2n) is 26.1. The van der Waals surface area contributed by atoms with Gasteiger partial charge in [0, 0.05) is 88.2 Å². The van der Waals surface area contributed by atoms with Gasteiger partial charge >= 0.3 is 0 Å². The molecule has 454 valence electrons. The van der Waals surface area contributed by atoms with Crippen molar-refractivity contribution in [1.29, 1.82) is 0 Å². The van der Waals surface area contributed by atoms with Gasteiger partial charge in [-0.1, -0.05) is 231 Å². The highest BCUT2D eigenvalue weighted by Gasteiger charge is 2.48. The molecule has 98 heavy (non-hydrogen) atoms. The van der Waals surface area contributed by atoms with E-state index < -0.39 is 0 Å². The molecule has 18 aromatic rings. The van der Waals surface area contributed by atoms with Crippen molar-refractivity contribution in [3.63, 3.8) is 0 Å². The van der Waals surface area contributed by atoms with Crippen LogP contribution in [0.15, 0.2) is 328 Å². The van der Waals surface area contributed by atoms with E-state index in [4.69, 9.17) is 9.47 Å². The van der Waals surface area contributed by atoms with E-state index in [0.717, 1.165) is 163 Å². The van der Waals surface area contributed by atoms with Crippen LogP contribution >= 0.6 is 0 Å². The van der Waals surface area contributed by atoms with Crippen LogP contribution in [0.5, 0.6) is 23.0 Å². The lowest BCUT2D eigenvalue weighted by atomic mass is 9.33. The molecular formula is C90H54BN5O2. The molecule has 8 heteroatoms. The summed E-state index contributed by atoms with van der Waals surface area (Å²) in [5.74, 6) is 3.07. The van der Waals surface area contributed by atoms with Crippen LogP contribution in [0.25, 0.3) is 127 Å². The zero-order chi connectivity index (χ0) is 63.8. The molecule has 0 spiro atoms. The maximum absolute atomic E-state index is 7.51. The van der Waals surface area contributed by atoms with Crippen LogP contribution in [0.1, 0.15) is 0 Å². The summed E-state index contributed by atoms with van der Waals surface area (Å²) in [5, 5.41) is 7.13. The van der Waals surface area contributed by atoms with Gasteiger partial charge in [-0.2, -0.15) is 0 Å². The molecule has 15 aromatic carbocycles. The number of benzene rings is 15. The van der Waals surface area contributed by atoms with E-state index in [-0.39, 0.29) is 6.71 Å². The minimum Gasteiger partial charge on any atom is -0.456 e. The lowest BCUT2D eigenvalue weighted by molar-refractivity contribution is 0.486. The maximum atomic E-state index is 7.51. The summed E-state index contributed by atoms with van der Waals surface area (Å²) in [7, 11) is 0. The summed E-state index contributed by atoms with van der Waals surface area (Å²) in [6.45, 7) is -0.368. The van der Waals surface area contributed by atoms with Gasteiger partial charge in [-0.25, -0.2) is 0 Å². The molecule has 0 N–H and O–H groups in total. The Bertz CT molecular complexity index is 6020. The van der Waals surface area contributed by atoms with Gasteiger partial charge in [-0.05, 0) is 113 Å². The number of anilines is 6. The lowest BCUT2D eigenvalue weighted by Crippen LogP contribution is -2.61. The Balaban J connectivity index is 0.983. The molecule has 0 saturated carbocycles. The number of ether oxygens (including phenoxy) is 2. The molecule has 0 aliphatic carbocycles. The molecule has 0 atom stereocenters. The fourth-order valence-corrected chi connectivity index (χ4v) is 17.3. The topological polar surface area (TPSA) is 39.7 Å². The van der Waals surface area contributed by atoms with Gasteiger partial charge in [-0.3, -0.25) is 0 Å². The van der Waals surface area contributed by atoms with E-state index >= 15 is 0 Å². The van der Waals surface area contributed by atoms with Gasteiger partial charge in [-0.15, -0.1) is 0 Å². The van der Waals surface area contributed by atoms with Crippen LogP contribution in [0.4, 0.5) is 34.1 Å². The van der Waals surface area contributed by atoms with Gasteiger partial charge in [0.25, 0.3) is 6.71 Å². The molecule has 4 aliphatic heterocycles. The maximum Gasteiger partial charge on any atom is 0.252 e. The van der Waals surface area contributed by atoms with Crippen LogP contribution in [0.2, 0.25) is 0 Å². The minimum absolute atomic E-state index is 0.368. The second-order valence-corrected chi connectivity index (χ2v) is 26.1. The number of para-hydroxylation sites is 12. The summed E-state index contributed by atoms with van der Waals surface area (Å²) in [4.78, 5) is 5.32. The summed E-state index contributed by atoms with van der Waals surface area (Å²) in [6, 6.07) is 121. The predicted molar refractivity (Wildman–Crippen MR) is 405 cm³/mol. The third-order valence-corrected chi connectivity index (χ3v) is 21.2. The third kappa shape index (κ3) is 7.27. The van der Waals surface area contributed by atoms with Gasteiger partial charge < -0.3 is 33.0 Å². The van der Waals surface area contributed by atoms with Crippen molar-refractivity contribution in [3.8, 4) is 84.6 Å². The molecule has 7 nitrogen and oxygen atoms in total. The van der Waals surface area contributed by atoms with Crippen LogP contribution in [0.3, 0.4) is 0 Å². The molecule has 0 radical (unpaired) electrons. The average molecular weight is 1250 g/mol. The van der Waals surface area contributed by atoms with E-state index in [1.54, 1.807) is 0 Å². The van der Waals surface area contributed by atoms with Crippen LogP contribution in [0, 0.1) is 0 Å². The van der Waals surface area contributed by atoms with E-state index in [9.17, 15) is 0 Å². The normalized spacial score (nSPS) is 13.0. The zero-order valence-corrected chi connectivity index (χ0v) is 52.8. The lowest BCUT2D eigenvalue weighted by Gasteiger charge is -2.47. The number of hydrogen-bond acceptors (Lipinski definition) is 4. The summed E-state index contributed by atoms with van der Waals surface area (Å²) < 4.78 is 22.6. The summed E-state index contributed by atoms with van der Waals surface area (Å²) in [6.07, 6.45) is 0. The molecular weight excluding hydrogens is 1190 g/mol. The fraction of sp³-hybridized carbons (Fsp3) is 0. The molecule has 0 saturated heterocycles. The molecule has 4 aliphatic rings. The number of nitrogens with zero attached hydrogens (tertiary/aromatic N) is 5. The Kier molecular flexibility index (Phi) is 11.0. The first-order chi connectivity index (χ1) is 48.7. The molecule has 0 fully saturated rings. The first kappa shape index (κ1) is 53.3. The first-order valence-corrected chi connectivity index (χ1v) is 33.7. The van der Waals surface area contributed by atoms with Gasteiger partial charge in [0.1, 0.15) is 23.0 Å². The largest absolute Gasteiger partial charge is 0.456 e. The number of rotatable bonds is 3. The van der Waals surface area contributed by atoms with E-state index in [2.05, 4.69) is 351 Å². The van der Waals surface area contributed by atoms with Gasteiger partial charge in [0.15, 0.2) is 0 Å². The number of hydrogen-bond donors (Lipinski definition) is 0. The van der Waals surface area contributed by atoms with Crippen molar-refractivity contribution < 1.29 is 9.47 Å². The van der Waals surface area contributed by atoms with Crippen LogP contribution in [-0.2, 0) is 0 Å². The highest BCUT2D eigenvalue weighted by Crippen LogP contribution is 2.59. The Labute approximate surface area is 564 Å². The first-order valence-electron chi connectivity index (χ1n) is 33.7. The zero-order valence-electron chi connectivity index (χ0n) is 52.8. The number of aromatic nitrogens is 3. The Morgan fingerprint density at radius 2 is 0.510 bits per heavy atom. The number of fused-ring (bicyclic) bond motifs is 25. The van der Waals surface area contributed by atoms with Crippen molar-refractivity contribution in [2.24, 2.45) is 0 Å². The predicted octanol–water partition coefficient (Wildman–Crippen LogP) is 21.9. The van der Waals surface area contributed by atoms with Crippen molar-refractivity contribution in [3.05, 3.63) is 328 Å². The Morgan fingerprint density at radius 1 is 0.224 bits per heavy atom. The van der Waals surface area contributed by atoms with Gasteiger partial charge in [0.05, 0.1) is 72.9 Å². The highest BCUT2D eigenvalue weighted by molar-refractivity contribution is 7.00. The van der Waals surface area contributed by atoms with Crippen molar-refractivity contribution in [2.45, 2.75) is 0 Å². The second kappa shape index (κ2) is 20.2. The summed E-state index contributed by atoms with van der Waals surface area (Å²) >= 11 is 0. The molecule has 0 amide bonds. The molecule has 3 aromatic heterocycles. The van der Waals surface area contributed by atoms with Crippen molar-refractivity contribution in [2.75, 3.05) is 9.80 Å². The minimum atomic E-state index is -0.368. The monoisotopic (exact) mass is 1250 g/mol. The SMILES string of the molecule is c1ccc2c(c1)Oc1ccccc1-c1c(-n3c4ccccc4c4ccccc43)ccc3c1N(c1ccccc1-2)c1cc(-n2c4ccccc4c4ccccc42)cc2c1B3c1ccc(-n3c4ccccc4c4ccccc43)c3c1N2c1ccccc1-c1ccccc1Oc1ccccc1-3. The summed E-state index contributed by atoms with van der Waals surface area (Å²) in [5.41, 5.74) is 27.8. The molecule has 7 heterocycles. The average Bonchev–Trinajstić information content (AvgIpc) is 0.718. The fourth-order valence-electron chi connectivity index (χ4n) is 17.3. The van der Waals surface area contributed by atoms with E-state index in [1.165, 1.54) is 37.8 Å². The highest BCUT2D eigenvalue weighted by atomic mass is 16.5. The molecule has 22 rings (SSSR count). The van der Waals surface area contributed by atoms with Gasteiger partial charge in [0.2, 0.25) is 0 Å². The van der Waals surface area contributed by atoms with E-state index in [1.807, 2.05) is 0 Å². The quantitative estimate of drug-likeness (QED) is 0.165. The van der Waals surface area contributed by atoms with Crippen molar-refractivity contribution >= 4 is 123 Å². The Hall–Kier alpha value is -13.0. The smallest absolute Gasteiger partial charge is 0.252 e. The van der Waals surface area contributed by atoms with Crippen LogP contribution < -0.4 is 35.7 Å². The Morgan fingerprint density at radius 3 is 0.878 bits per heavy atom. The van der Waals surface area contributed by atoms with Crippen LogP contribution in [-0.4, -0.2) is 20.4 Å². The third-order valence-electron chi connectivity index (χ3n) is 21.2. The molecule has 0 unspecified atom stereocenters. The van der Waals surface area contributed by atoms with Crippen molar-refractivity contribution in [1.82, 2.24) is 13.7 Å². The molecule has 0 bridgehead atoms. The standard InChI is InChI=1S/C90H54BN5O2/c1-13-37-70-56(25-1)57-26-2-14-38-71(57)92(70)55-53-80-88-81(54-55)96-77-44-20-8-32-63(77)65-34-10-22-46-83(65)98-85-48-24-12-36-67(85)87-79(94-74-41-17-5-29-60(74)61-30-6-18-42-75(61)94)52-50-69(90(87)96)91(88)68-49-51-78(93-72-39-15-3-27-58(72)59-28-4-16-40-73(59)93)86-66-35-11-23-47-84(66)97-82-45-21-9-33-64(82)62-31-7-19-43-76(62)95(80)89(68)86/h1-54H.